The highest BCUT2D eigenvalue weighted by molar-refractivity contribution is 7.26. The first-order chi connectivity index (χ1) is 25.7. The Morgan fingerprint density at radius 1 is 0.462 bits per heavy atom. The molecule has 0 unspecified atom stereocenters. The third kappa shape index (κ3) is 4.57. The fraction of sp³-hybridized carbons (Fsp3) is 0. The maximum Gasteiger partial charge on any atom is 0.228 e. The summed E-state index contributed by atoms with van der Waals surface area (Å²) in [5.41, 5.74) is 9.71. The lowest BCUT2D eigenvalue weighted by atomic mass is 10.00. The smallest absolute Gasteiger partial charge is 0.228 e. The van der Waals surface area contributed by atoms with Crippen molar-refractivity contribution in [1.29, 1.82) is 0 Å². The number of hydrogen-bond acceptors (Lipinski definition) is 5. The molecule has 4 nitrogen and oxygen atoms in total. The van der Waals surface area contributed by atoms with Gasteiger partial charge in [-0.15, -0.1) is 11.3 Å². The van der Waals surface area contributed by atoms with Gasteiger partial charge in [0.1, 0.15) is 16.7 Å². The molecule has 0 radical (unpaired) electrons. The van der Waals surface area contributed by atoms with Crippen molar-refractivity contribution in [2.24, 2.45) is 0 Å². The molecule has 52 heavy (non-hydrogen) atoms. The average Bonchev–Trinajstić information content (AvgIpc) is 3.91. The lowest BCUT2D eigenvalue weighted by molar-refractivity contribution is 0.620. The zero-order chi connectivity index (χ0) is 34.2. The molecule has 0 atom stereocenters. The van der Waals surface area contributed by atoms with E-state index in [9.17, 15) is 0 Å². The maximum absolute atomic E-state index is 6.63. The highest BCUT2D eigenvalue weighted by Crippen LogP contribution is 2.47. The molecule has 0 bridgehead atoms. The lowest BCUT2D eigenvalue weighted by Gasteiger charge is -2.27. The zero-order valence-corrected chi connectivity index (χ0v) is 28.6. The monoisotopic (exact) mass is 684 g/mol. The van der Waals surface area contributed by atoms with Crippen LogP contribution in [0.3, 0.4) is 0 Å². The van der Waals surface area contributed by atoms with Crippen LogP contribution >= 0.6 is 11.3 Å². The van der Waals surface area contributed by atoms with Gasteiger partial charge in [0.2, 0.25) is 5.89 Å². The Kier molecular flexibility index (Phi) is 6.39. The van der Waals surface area contributed by atoms with E-state index in [-0.39, 0.29) is 0 Å². The number of fused-ring (bicyclic) bond motifs is 8. The number of hydrogen-bond donors (Lipinski definition) is 0. The molecular weight excluding hydrogens is 657 g/mol. The van der Waals surface area contributed by atoms with Gasteiger partial charge in [0, 0.05) is 53.9 Å². The number of anilines is 3. The van der Waals surface area contributed by atoms with Crippen LogP contribution in [0.15, 0.2) is 179 Å². The molecule has 8 aromatic carbocycles. The van der Waals surface area contributed by atoms with Crippen LogP contribution in [0.2, 0.25) is 0 Å². The summed E-state index contributed by atoms with van der Waals surface area (Å²) < 4.78 is 15.4. The number of oxazole rings is 1. The molecule has 0 saturated heterocycles. The molecule has 0 aliphatic rings. The van der Waals surface area contributed by atoms with Gasteiger partial charge in [0.15, 0.2) is 5.58 Å². The molecule has 0 saturated carbocycles. The molecule has 0 aliphatic heterocycles. The predicted molar refractivity (Wildman–Crippen MR) is 217 cm³/mol. The molecule has 11 aromatic rings. The van der Waals surface area contributed by atoms with Crippen LogP contribution in [0.5, 0.6) is 0 Å². The third-order valence-electron chi connectivity index (χ3n) is 10.1. The Bertz CT molecular complexity index is 3120. The first-order valence-corrected chi connectivity index (χ1v) is 18.2. The molecule has 3 aromatic heterocycles. The number of para-hydroxylation sites is 2. The van der Waals surface area contributed by atoms with Gasteiger partial charge in [-0.2, -0.15) is 0 Å². The molecule has 0 aliphatic carbocycles. The number of benzene rings is 8. The third-order valence-corrected chi connectivity index (χ3v) is 11.2. The number of thiophene rings is 1. The second-order valence-electron chi connectivity index (χ2n) is 13.1. The Labute approximate surface area is 302 Å². The van der Waals surface area contributed by atoms with Gasteiger partial charge in [-0.3, -0.25) is 0 Å². The molecule has 11 rings (SSSR count). The van der Waals surface area contributed by atoms with Gasteiger partial charge in [-0.05, 0) is 94.7 Å². The Balaban J connectivity index is 1.13. The predicted octanol–water partition coefficient (Wildman–Crippen LogP) is 14.1. The first-order valence-electron chi connectivity index (χ1n) is 17.4. The quantitative estimate of drug-likeness (QED) is 0.181. The summed E-state index contributed by atoms with van der Waals surface area (Å²) in [6.07, 6.45) is 0. The van der Waals surface area contributed by atoms with Crippen LogP contribution in [0.1, 0.15) is 0 Å². The topological polar surface area (TPSA) is 42.4 Å². The Morgan fingerprint density at radius 3 is 2.17 bits per heavy atom. The number of aromatic nitrogens is 1. The van der Waals surface area contributed by atoms with E-state index in [0.717, 1.165) is 55.7 Å². The first kappa shape index (κ1) is 29.1. The number of rotatable bonds is 5. The summed E-state index contributed by atoms with van der Waals surface area (Å²) in [6.45, 7) is 0. The molecule has 0 fully saturated rings. The van der Waals surface area contributed by atoms with Gasteiger partial charge in [0.05, 0.1) is 5.69 Å². The van der Waals surface area contributed by atoms with E-state index in [1.54, 1.807) is 0 Å². The van der Waals surface area contributed by atoms with Crippen LogP contribution in [-0.4, -0.2) is 4.98 Å². The minimum absolute atomic E-state index is 0.585. The van der Waals surface area contributed by atoms with Crippen LogP contribution in [0, 0.1) is 0 Å². The maximum atomic E-state index is 6.63. The van der Waals surface area contributed by atoms with Crippen LogP contribution in [0.4, 0.5) is 17.1 Å². The van der Waals surface area contributed by atoms with E-state index < -0.39 is 0 Å². The molecule has 244 valence electrons. The van der Waals surface area contributed by atoms with E-state index in [1.165, 1.54) is 42.1 Å². The van der Waals surface area contributed by atoms with Crippen LogP contribution in [0.25, 0.3) is 86.6 Å². The fourth-order valence-corrected chi connectivity index (χ4v) is 8.80. The number of nitrogens with zero attached hydrogens (tertiary/aromatic N) is 2. The van der Waals surface area contributed by atoms with Crippen molar-refractivity contribution >= 4 is 92.4 Å². The highest BCUT2D eigenvalue weighted by Gasteiger charge is 2.22. The van der Waals surface area contributed by atoms with Gasteiger partial charge < -0.3 is 13.7 Å². The van der Waals surface area contributed by atoms with E-state index in [1.807, 2.05) is 47.7 Å². The summed E-state index contributed by atoms with van der Waals surface area (Å²) in [6, 6.07) is 59.9. The van der Waals surface area contributed by atoms with E-state index in [0.29, 0.717) is 5.89 Å². The lowest BCUT2D eigenvalue weighted by Crippen LogP contribution is -2.10. The van der Waals surface area contributed by atoms with Gasteiger partial charge in [0.25, 0.3) is 0 Å². The van der Waals surface area contributed by atoms with Gasteiger partial charge >= 0.3 is 0 Å². The van der Waals surface area contributed by atoms with E-state index >= 15 is 0 Å². The van der Waals surface area contributed by atoms with Crippen molar-refractivity contribution in [3.05, 3.63) is 170 Å². The summed E-state index contributed by atoms with van der Waals surface area (Å²) >= 11 is 1.83. The zero-order valence-electron chi connectivity index (χ0n) is 27.8. The second kappa shape index (κ2) is 11.4. The van der Waals surface area contributed by atoms with Crippen molar-refractivity contribution in [2.75, 3.05) is 4.90 Å². The molecular formula is C47H28N2O2S. The number of furan rings is 1. The van der Waals surface area contributed by atoms with Crippen molar-refractivity contribution in [2.45, 2.75) is 0 Å². The molecule has 0 spiro atoms. The van der Waals surface area contributed by atoms with Crippen molar-refractivity contribution in [3.63, 3.8) is 0 Å². The van der Waals surface area contributed by atoms with Crippen LogP contribution in [-0.2, 0) is 0 Å². The van der Waals surface area contributed by atoms with Gasteiger partial charge in [-0.1, -0.05) is 91.0 Å². The van der Waals surface area contributed by atoms with Crippen molar-refractivity contribution < 1.29 is 8.83 Å². The van der Waals surface area contributed by atoms with Crippen LogP contribution < -0.4 is 4.90 Å². The summed E-state index contributed by atoms with van der Waals surface area (Å²) in [5, 5.41) is 6.88. The molecule has 5 heteroatoms. The minimum Gasteiger partial charge on any atom is -0.456 e. The Hall–Kier alpha value is -6.69. The largest absolute Gasteiger partial charge is 0.456 e. The molecule has 3 heterocycles. The Morgan fingerprint density at radius 2 is 1.23 bits per heavy atom. The second-order valence-corrected chi connectivity index (χ2v) is 14.2. The van der Waals surface area contributed by atoms with E-state index in [4.69, 9.17) is 13.8 Å². The van der Waals surface area contributed by atoms with Gasteiger partial charge in [-0.25, -0.2) is 4.98 Å². The summed E-state index contributed by atoms with van der Waals surface area (Å²) in [4.78, 5) is 7.21. The SMILES string of the molecule is c1ccc(-c2ccc3ccc(N(c4ccc5c(c4)oc4cccc(-c6nc7ccccc7o6)c45)c4cccc5sc6ccccc6c45)cc3c2)cc1. The van der Waals surface area contributed by atoms with Crippen molar-refractivity contribution in [1.82, 2.24) is 4.98 Å². The normalized spacial score (nSPS) is 11.8. The standard InChI is InChI=1S/C47H28N2O2S/c1-2-10-29(11-3-1)31-21-20-30-22-23-33(27-32(30)26-31)49(39-15-9-19-44-46(39)36-12-4-7-18-43(36)52-44)34-24-25-35-42(28-34)50-41-17-8-13-37(45(35)41)47-48-38-14-5-6-16-40(38)51-47/h1-28H. The average molecular weight is 685 g/mol. The minimum atomic E-state index is 0.585. The van der Waals surface area contributed by atoms with E-state index in [2.05, 4.69) is 138 Å². The highest BCUT2D eigenvalue weighted by atomic mass is 32.1. The summed E-state index contributed by atoms with van der Waals surface area (Å²) in [7, 11) is 0. The molecule has 0 amide bonds. The molecule has 0 N–H and O–H groups in total. The summed E-state index contributed by atoms with van der Waals surface area (Å²) in [5.74, 6) is 0.585. The fourth-order valence-electron chi connectivity index (χ4n) is 7.67. The van der Waals surface area contributed by atoms with Crippen molar-refractivity contribution in [3.8, 4) is 22.6 Å².